The monoisotopic (exact) mass is 458 g/mol. The van der Waals surface area contributed by atoms with E-state index in [1.807, 2.05) is 6.07 Å². The lowest BCUT2D eigenvalue weighted by atomic mass is 9.72. The van der Waals surface area contributed by atoms with Gasteiger partial charge in [-0.15, -0.1) is 0 Å². The Balaban J connectivity index is 0.000000821. The van der Waals surface area contributed by atoms with Crippen LogP contribution in [0.25, 0.3) is 10.9 Å². The van der Waals surface area contributed by atoms with Crippen molar-refractivity contribution in [1.82, 2.24) is 9.88 Å². The highest BCUT2D eigenvalue weighted by Gasteiger charge is 2.47. The molecule has 3 aliphatic rings. The first-order valence-corrected chi connectivity index (χ1v) is 11.5. The van der Waals surface area contributed by atoms with E-state index in [0.717, 1.165) is 42.9 Å². The summed E-state index contributed by atoms with van der Waals surface area (Å²) in [6.07, 6.45) is 3.56. The minimum absolute atomic E-state index is 0.0852. The van der Waals surface area contributed by atoms with Crippen LogP contribution in [0.15, 0.2) is 24.0 Å². The van der Waals surface area contributed by atoms with E-state index in [4.69, 9.17) is 24.1 Å². The summed E-state index contributed by atoms with van der Waals surface area (Å²) < 4.78 is 21.9. The van der Waals surface area contributed by atoms with Crippen LogP contribution < -0.4 is 9.47 Å². The van der Waals surface area contributed by atoms with Crippen molar-refractivity contribution < 1.29 is 28.8 Å². The average molecular weight is 459 g/mol. The zero-order chi connectivity index (χ0) is 23.7. The number of ether oxygens (including phenoxy) is 4. The van der Waals surface area contributed by atoms with Gasteiger partial charge < -0.3 is 29.0 Å². The molecule has 0 amide bonds. The Labute approximate surface area is 194 Å². The van der Waals surface area contributed by atoms with E-state index in [0.29, 0.717) is 5.57 Å². The molecule has 4 atom stereocenters. The lowest BCUT2D eigenvalue weighted by Gasteiger charge is -2.49. The van der Waals surface area contributed by atoms with Crippen LogP contribution in [-0.4, -0.2) is 68.1 Å². The number of aliphatic hydroxyl groups is 1. The minimum atomic E-state index is -0.285. The molecule has 1 fully saturated rings. The Morgan fingerprint density at radius 2 is 1.94 bits per heavy atom. The average Bonchev–Trinajstić information content (AvgIpc) is 3.20. The van der Waals surface area contributed by atoms with Gasteiger partial charge in [-0.05, 0) is 38.3 Å². The number of carbonyl (C=O) groups is 1. The van der Waals surface area contributed by atoms with Gasteiger partial charge in [0, 0.05) is 54.2 Å². The molecule has 4 heterocycles. The molecular weight excluding hydrogens is 424 g/mol. The number of aromatic amines is 1. The van der Waals surface area contributed by atoms with E-state index in [9.17, 15) is 4.79 Å². The summed E-state index contributed by atoms with van der Waals surface area (Å²) in [5.74, 6) is 1.59. The third-order valence-corrected chi connectivity index (χ3v) is 7.14. The summed E-state index contributed by atoms with van der Waals surface area (Å²) in [5.41, 5.74) is 4.31. The van der Waals surface area contributed by atoms with Gasteiger partial charge in [-0.1, -0.05) is 0 Å². The largest absolute Gasteiger partial charge is 0.497 e. The maximum Gasteiger partial charge on any atom is 0.337 e. The molecule has 0 aliphatic carbocycles. The van der Waals surface area contributed by atoms with Gasteiger partial charge in [-0.2, -0.15) is 0 Å². The van der Waals surface area contributed by atoms with E-state index in [1.54, 1.807) is 27.4 Å². The van der Waals surface area contributed by atoms with Gasteiger partial charge in [-0.25, -0.2) is 4.79 Å². The third kappa shape index (κ3) is 4.06. The molecule has 0 spiro atoms. The van der Waals surface area contributed by atoms with E-state index in [2.05, 4.69) is 22.9 Å². The highest BCUT2D eigenvalue weighted by molar-refractivity contribution is 5.89. The molecule has 33 heavy (non-hydrogen) atoms. The summed E-state index contributed by atoms with van der Waals surface area (Å²) in [7, 11) is 4.75. The number of carbonyl (C=O) groups excluding carboxylic acids is 1. The van der Waals surface area contributed by atoms with Crippen LogP contribution >= 0.6 is 0 Å². The second-order valence-electron chi connectivity index (χ2n) is 8.76. The Kier molecular flexibility index (Phi) is 6.86. The van der Waals surface area contributed by atoms with Crippen molar-refractivity contribution in [3.05, 3.63) is 35.2 Å². The predicted molar refractivity (Wildman–Crippen MR) is 124 cm³/mol. The fourth-order valence-corrected chi connectivity index (χ4v) is 5.56. The molecule has 1 aromatic heterocycles. The number of hydrogen-bond donors (Lipinski definition) is 2. The van der Waals surface area contributed by atoms with Crippen LogP contribution in [-0.2, 0) is 20.7 Å². The predicted octanol–water partition coefficient (Wildman–Crippen LogP) is 3.19. The van der Waals surface area contributed by atoms with Gasteiger partial charge in [0.1, 0.15) is 0 Å². The third-order valence-electron chi connectivity index (χ3n) is 7.14. The zero-order valence-corrected chi connectivity index (χ0v) is 20.0. The lowest BCUT2D eigenvalue weighted by molar-refractivity contribution is -0.139. The first-order valence-electron chi connectivity index (χ1n) is 11.5. The molecule has 0 radical (unpaired) electrons. The summed E-state index contributed by atoms with van der Waals surface area (Å²) in [5, 5.41) is 8.76. The number of H-pyrrole nitrogens is 1. The molecule has 1 saturated heterocycles. The summed E-state index contributed by atoms with van der Waals surface area (Å²) >= 11 is 0. The second-order valence-corrected chi connectivity index (χ2v) is 8.76. The van der Waals surface area contributed by atoms with E-state index < -0.39 is 0 Å². The molecule has 3 aliphatic heterocycles. The molecule has 180 valence electrons. The van der Waals surface area contributed by atoms with Crippen molar-refractivity contribution >= 4 is 16.9 Å². The Bertz CT molecular complexity index is 1050. The first-order chi connectivity index (χ1) is 16.0. The molecule has 1 aromatic carbocycles. The van der Waals surface area contributed by atoms with Crippen LogP contribution in [0.5, 0.6) is 11.5 Å². The summed E-state index contributed by atoms with van der Waals surface area (Å²) in [6, 6.07) is 4.32. The number of nitrogens with zero attached hydrogens (tertiary/aromatic N) is 1. The van der Waals surface area contributed by atoms with Crippen LogP contribution in [0.2, 0.25) is 0 Å². The number of esters is 1. The molecule has 2 N–H and O–H groups in total. The van der Waals surface area contributed by atoms with Gasteiger partial charge >= 0.3 is 5.97 Å². The lowest BCUT2D eigenvalue weighted by Crippen LogP contribution is -2.51. The van der Waals surface area contributed by atoms with Crippen LogP contribution in [0.3, 0.4) is 0 Å². The molecular formula is C25H34N2O6. The van der Waals surface area contributed by atoms with Crippen molar-refractivity contribution in [3.63, 3.8) is 0 Å². The molecule has 0 saturated carbocycles. The fraction of sp³-hybridized carbons (Fsp3) is 0.560. The second kappa shape index (κ2) is 9.65. The highest BCUT2D eigenvalue weighted by atomic mass is 16.5. The van der Waals surface area contributed by atoms with E-state index in [1.165, 1.54) is 23.8 Å². The summed E-state index contributed by atoms with van der Waals surface area (Å²) in [6.45, 7) is 5.93. The summed E-state index contributed by atoms with van der Waals surface area (Å²) in [4.78, 5) is 18.6. The van der Waals surface area contributed by atoms with Crippen molar-refractivity contribution in [1.29, 1.82) is 0 Å². The van der Waals surface area contributed by atoms with Crippen molar-refractivity contribution in [3.8, 4) is 11.5 Å². The number of fused-ring (bicyclic) bond motifs is 6. The number of nitrogens with one attached hydrogen (secondary N) is 1. The molecule has 8 heteroatoms. The van der Waals surface area contributed by atoms with Gasteiger partial charge in [0.05, 0.1) is 45.3 Å². The minimum Gasteiger partial charge on any atom is -0.497 e. The van der Waals surface area contributed by atoms with Gasteiger partial charge in [0.25, 0.3) is 0 Å². The first kappa shape index (κ1) is 23.4. The van der Waals surface area contributed by atoms with Gasteiger partial charge in [0.2, 0.25) is 0 Å². The van der Waals surface area contributed by atoms with Crippen LogP contribution in [0.4, 0.5) is 0 Å². The Morgan fingerprint density at radius 1 is 1.24 bits per heavy atom. The normalized spacial score (nSPS) is 25.9. The smallest absolute Gasteiger partial charge is 0.337 e. The Hall–Kier alpha value is -2.71. The maximum atomic E-state index is 12.4. The number of aromatic nitrogens is 1. The van der Waals surface area contributed by atoms with Crippen molar-refractivity contribution in [2.45, 2.75) is 38.8 Å². The maximum absolute atomic E-state index is 12.4. The van der Waals surface area contributed by atoms with Crippen molar-refractivity contribution in [2.75, 3.05) is 41.0 Å². The van der Waals surface area contributed by atoms with E-state index >= 15 is 0 Å². The van der Waals surface area contributed by atoms with Gasteiger partial charge in [-0.3, -0.25) is 4.90 Å². The number of methoxy groups -OCH3 is 3. The van der Waals surface area contributed by atoms with Crippen molar-refractivity contribution in [2.24, 2.45) is 11.8 Å². The number of benzene rings is 1. The molecule has 5 rings (SSSR count). The van der Waals surface area contributed by atoms with Crippen LogP contribution in [0, 0.1) is 11.8 Å². The highest BCUT2D eigenvalue weighted by Crippen LogP contribution is 2.48. The Morgan fingerprint density at radius 3 is 2.61 bits per heavy atom. The quantitative estimate of drug-likeness (QED) is 0.683. The molecule has 2 aromatic rings. The number of aliphatic hydroxyl groups excluding tert-OH is 1. The fourth-order valence-electron chi connectivity index (χ4n) is 5.56. The number of rotatable bonds is 3. The molecule has 0 bridgehead atoms. The standard InChI is InChI=1S/C23H28N2O5.C2H6O/c1-12-16-10-25-6-5-13-15-8-20(27-2)21(28-3)9-18(15)24-22(13)19(25)7-14(16)17(11-30-12)23(26)29-4;1-2-3/h8-9,11-12,14,16,19,24H,5-7,10H2,1-4H3;3H,2H2,1H3/t12-,14-,16-,19+;/m0./s1. The number of piperidine rings is 1. The molecule has 8 nitrogen and oxygen atoms in total. The van der Waals surface area contributed by atoms with Crippen LogP contribution in [0.1, 0.15) is 37.6 Å². The molecule has 0 unspecified atom stereocenters. The number of hydrogen-bond acceptors (Lipinski definition) is 7. The SMILES string of the molecule is CCO.COC(=O)C1=CO[C@@H](C)[C@@H]2CN3CCc4c([nH]c5cc(OC)c(OC)cc45)[C@H]3C[C@H]12. The van der Waals surface area contributed by atoms with E-state index in [-0.39, 0.29) is 36.6 Å². The zero-order valence-electron chi connectivity index (χ0n) is 20.0. The topological polar surface area (TPSA) is 93.3 Å². The van der Waals surface area contributed by atoms with Gasteiger partial charge in [0.15, 0.2) is 11.5 Å².